The summed E-state index contributed by atoms with van der Waals surface area (Å²) in [6.45, 7) is 3.64. The molecule has 0 aliphatic rings. The number of nitrogens with one attached hydrogen (secondary N) is 3. The van der Waals surface area contributed by atoms with Gasteiger partial charge in [0.25, 0.3) is 0 Å². The monoisotopic (exact) mass is 475 g/mol. The molecule has 3 N–H and O–H groups in total. The van der Waals surface area contributed by atoms with Crippen LogP contribution in [0.15, 0.2) is 53.4 Å². The van der Waals surface area contributed by atoms with Crippen LogP contribution in [0.5, 0.6) is 5.75 Å². The summed E-state index contributed by atoms with van der Waals surface area (Å²) < 4.78 is 34.4. The molecule has 0 saturated heterocycles. The molecule has 0 aliphatic carbocycles. The average Bonchev–Trinajstić information content (AvgIpc) is 3.12. The van der Waals surface area contributed by atoms with Gasteiger partial charge in [0.15, 0.2) is 10.6 Å². The van der Waals surface area contributed by atoms with Gasteiger partial charge in [0.05, 0.1) is 12.0 Å². The topological polar surface area (TPSA) is 118 Å². The van der Waals surface area contributed by atoms with E-state index in [0.717, 1.165) is 5.56 Å². The summed E-state index contributed by atoms with van der Waals surface area (Å²) in [7, 11) is -2.03. The summed E-state index contributed by atoms with van der Waals surface area (Å²) in [5, 5.41) is 9.74. The fourth-order valence-electron chi connectivity index (χ4n) is 3.03. The van der Waals surface area contributed by atoms with Crippen LogP contribution in [0, 0.1) is 4.77 Å². The number of carbonyl (C=O) groups excluding carboxylic acids is 1. The Hall–Kier alpha value is -3.02. The van der Waals surface area contributed by atoms with Gasteiger partial charge in [0.1, 0.15) is 12.3 Å². The molecule has 0 saturated carbocycles. The van der Waals surface area contributed by atoms with Crippen molar-refractivity contribution in [2.24, 2.45) is 0 Å². The van der Waals surface area contributed by atoms with Crippen molar-refractivity contribution in [2.45, 2.75) is 37.9 Å². The Labute approximate surface area is 191 Å². The van der Waals surface area contributed by atoms with Crippen molar-refractivity contribution in [2.75, 3.05) is 7.11 Å². The summed E-state index contributed by atoms with van der Waals surface area (Å²) in [5.41, 5.74) is 1.44. The number of aromatic nitrogens is 3. The van der Waals surface area contributed by atoms with E-state index in [1.165, 1.54) is 12.1 Å². The van der Waals surface area contributed by atoms with E-state index in [2.05, 4.69) is 20.2 Å². The molecule has 1 amide bonds. The highest BCUT2D eigenvalue weighted by Gasteiger charge is 2.16. The third-order valence-electron chi connectivity index (χ3n) is 4.50. The molecule has 3 rings (SSSR count). The van der Waals surface area contributed by atoms with Crippen molar-refractivity contribution in [3.05, 3.63) is 58.9 Å². The number of rotatable bonds is 9. The number of H-pyrrole nitrogens is 1. The van der Waals surface area contributed by atoms with Gasteiger partial charge in [-0.15, -0.1) is 0 Å². The molecular weight excluding hydrogens is 450 g/mol. The molecule has 9 nitrogen and oxygen atoms in total. The third-order valence-corrected chi connectivity index (χ3v) is 6.47. The Morgan fingerprint density at radius 3 is 2.59 bits per heavy atom. The minimum atomic E-state index is -3.61. The van der Waals surface area contributed by atoms with Crippen LogP contribution in [0.25, 0.3) is 11.4 Å². The van der Waals surface area contributed by atoms with E-state index in [1.54, 1.807) is 49.8 Å². The van der Waals surface area contributed by atoms with Crippen LogP contribution in [-0.2, 0) is 27.9 Å². The maximum atomic E-state index is 12.6. The van der Waals surface area contributed by atoms with Crippen LogP contribution >= 0.6 is 12.2 Å². The largest absolute Gasteiger partial charge is 0.497 e. The molecule has 0 atom stereocenters. The van der Waals surface area contributed by atoms with Gasteiger partial charge in [-0.25, -0.2) is 13.1 Å². The zero-order valence-corrected chi connectivity index (χ0v) is 19.6. The van der Waals surface area contributed by atoms with Crippen LogP contribution in [0.3, 0.4) is 0 Å². The lowest BCUT2D eigenvalue weighted by molar-refractivity contribution is -0.121. The predicted molar refractivity (Wildman–Crippen MR) is 123 cm³/mol. The summed E-state index contributed by atoms with van der Waals surface area (Å²) in [4.78, 5) is 12.7. The normalized spacial score (nSPS) is 11.5. The van der Waals surface area contributed by atoms with Crippen molar-refractivity contribution in [3.8, 4) is 17.1 Å². The number of hydrogen-bond acceptors (Lipinski definition) is 6. The first kappa shape index (κ1) is 23.6. The molecule has 11 heteroatoms. The van der Waals surface area contributed by atoms with E-state index in [9.17, 15) is 13.2 Å². The van der Waals surface area contributed by atoms with Gasteiger partial charge >= 0.3 is 0 Å². The summed E-state index contributed by atoms with van der Waals surface area (Å²) in [5.74, 6) is 0.950. The average molecular weight is 476 g/mol. The molecule has 3 aromatic rings. The number of aromatic amines is 1. The summed E-state index contributed by atoms with van der Waals surface area (Å²) >= 11 is 5.28. The molecule has 0 radical (unpaired) electrons. The number of ether oxygens (including phenoxy) is 1. The summed E-state index contributed by atoms with van der Waals surface area (Å²) in [6.07, 6.45) is 0. The molecule has 0 fully saturated rings. The number of amides is 1. The maximum Gasteiger partial charge on any atom is 0.240 e. The van der Waals surface area contributed by atoms with Crippen LogP contribution < -0.4 is 14.8 Å². The highest BCUT2D eigenvalue weighted by molar-refractivity contribution is 7.89. The lowest BCUT2D eigenvalue weighted by Crippen LogP contribution is -2.30. The molecule has 0 unspecified atom stereocenters. The van der Waals surface area contributed by atoms with Crippen LogP contribution in [0.4, 0.5) is 0 Å². The van der Waals surface area contributed by atoms with Crippen molar-refractivity contribution in [1.29, 1.82) is 0 Å². The van der Waals surface area contributed by atoms with Crippen molar-refractivity contribution < 1.29 is 17.9 Å². The van der Waals surface area contributed by atoms with Gasteiger partial charge in [-0.2, -0.15) is 5.10 Å². The molecule has 1 heterocycles. The predicted octanol–water partition coefficient (Wildman–Crippen LogP) is 2.62. The minimum absolute atomic E-state index is 0.0381. The second-order valence-corrected chi connectivity index (χ2v) is 9.47. The molecule has 2 aromatic carbocycles. The van der Waals surface area contributed by atoms with Gasteiger partial charge < -0.3 is 10.1 Å². The molecule has 32 heavy (non-hydrogen) atoms. The molecule has 1 aromatic heterocycles. The van der Waals surface area contributed by atoms with E-state index in [4.69, 9.17) is 17.0 Å². The Morgan fingerprint density at radius 2 is 1.94 bits per heavy atom. The maximum absolute atomic E-state index is 12.6. The number of methoxy groups -OCH3 is 1. The number of carbonyl (C=O) groups is 1. The Morgan fingerprint density at radius 1 is 1.22 bits per heavy atom. The standard InChI is InChI=1S/C21H25N5O4S2/c1-14(2)25-32(28,29)18-6-4-5-15(11-18)12-22-19(27)13-26-20(23-24-21(26)31)16-7-9-17(30-3)10-8-16/h4-11,14,25H,12-13H2,1-3H3,(H,22,27)(H,24,31). The zero-order chi connectivity index (χ0) is 23.3. The van der Waals surface area contributed by atoms with Gasteiger partial charge in [-0.3, -0.25) is 14.5 Å². The number of hydrogen-bond donors (Lipinski definition) is 3. The van der Waals surface area contributed by atoms with Gasteiger partial charge in [-0.1, -0.05) is 12.1 Å². The SMILES string of the molecule is COc1ccc(-c2n[nH]c(=S)n2CC(=O)NCc2cccc(S(=O)(=O)NC(C)C)c2)cc1. The molecule has 0 bridgehead atoms. The highest BCUT2D eigenvalue weighted by Crippen LogP contribution is 2.21. The summed E-state index contributed by atoms with van der Waals surface area (Å²) in [6, 6.07) is 13.5. The Balaban J connectivity index is 1.69. The first-order valence-corrected chi connectivity index (χ1v) is 11.8. The molecule has 0 aliphatic heterocycles. The number of nitrogens with zero attached hydrogens (tertiary/aromatic N) is 2. The molecule has 170 valence electrons. The van der Waals surface area contributed by atoms with Crippen LogP contribution in [0.2, 0.25) is 0 Å². The second kappa shape index (κ2) is 10.1. The third kappa shape index (κ3) is 5.81. The molecular formula is C21H25N5O4S2. The quantitative estimate of drug-likeness (QED) is 0.410. The van der Waals surface area contributed by atoms with E-state index in [1.807, 2.05) is 12.1 Å². The van der Waals surface area contributed by atoms with E-state index >= 15 is 0 Å². The van der Waals surface area contributed by atoms with Crippen molar-refractivity contribution in [3.63, 3.8) is 0 Å². The zero-order valence-electron chi connectivity index (χ0n) is 18.0. The van der Waals surface area contributed by atoms with Crippen molar-refractivity contribution >= 4 is 28.1 Å². The first-order chi connectivity index (χ1) is 15.2. The fraction of sp³-hybridized carbons (Fsp3) is 0.286. The first-order valence-electron chi connectivity index (χ1n) is 9.87. The highest BCUT2D eigenvalue weighted by atomic mass is 32.2. The Bertz CT molecular complexity index is 1250. The van der Waals surface area contributed by atoms with Gasteiger partial charge in [0, 0.05) is 18.2 Å². The van der Waals surface area contributed by atoms with Gasteiger partial charge in [0.2, 0.25) is 15.9 Å². The minimum Gasteiger partial charge on any atom is -0.497 e. The van der Waals surface area contributed by atoms with Crippen LogP contribution in [0.1, 0.15) is 19.4 Å². The van der Waals surface area contributed by atoms with Crippen molar-refractivity contribution in [1.82, 2.24) is 24.8 Å². The Kier molecular flexibility index (Phi) is 7.44. The van der Waals surface area contributed by atoms with E-state index in [0.29, 0.717) is 21.9 Å². The molecule has 0 spiro atoms. The number of benzene rings is 2. The van der Waals surface area contributed by atoms with E-state index in [-0.39, 0.29) is 29.9 Å². The number of sulfonamides is 1. The lowest BCUT2D eigenvalue weighted by Gasteiger charge is -2.12. The van der Waals surface area contributed by atoms with Gasteiger partial charge in [-0.05, 0) is 68.0 Å². The second-order valence-electron chi connectivity index (χ2n) is 7.37. The fourth-order valence-corrected chi connectivity index (χ4v) is 4.54. The van der Waals surface area contributed by atoms with Crippen LogP contribution in [-0.4, -0.2) is 42.2 Å². The smallest absolute Gasteiger partial charge is 0.240 e. The lowest BCUT2D eigenvalue weighted by atomic mass is 10.2. The van der Waals surface area contributed by atoms with E-state index < -0.39 is 10.0 Å².